The fourth-order valence-corrected chi connectivity index (χ4v) is 2.66. The van der Waals surface area contributed by atoms with Gasteiger partial charge in [-0.3, -0.25) is 4.79 Å². The molecule has 1 saturated heterocycles. The molecule has 2 atom stereocenters. The van der Waals surface area contributed by atoms with E-state index in [1.54, 1.807) is 0 Å². The monoisotopic (exact) mass is 276 g/mol. The molecule has 0 spiro atoms. The van der Waals surface area contributed by atoms with Crippen molar-refractivity contribution in [2.24, 2.45) is 5.41 Å². The highest BCUT2D eigenvalue weighted by molar-refractivity contribution is 5.83. The molecule has 20 heavy (non-hydrogen) atoms. The van der Waals surface area contributed by atoms with E-state index < -0.39 is 11.0 Å². The van der Waals surface area contributed by atoms with Crippen LogP contribution in [0.25, 0.3) is 0 Å². The lowest BCUT2D eigenvalue weighted by atomic mass is 9.80. The molecule has 4 nitrogen and oxygen atoms in total. The molecule has 1 heterocycles. The van der Waals surface area contributed by atoms with Gasteiger partial charge < -0.3 is 15.7 Å². The summed E-state index contributed by atoms with van der Waals surface area (Å²) in [4.78, 5) is 12.6. The van der Waals surface area contributed by atoms with E-state index >= 15 is 0 Å². The average Bonchev–Trinajstić information content (AvgIpc) is 2.48. The van der Waals surface area contributed by atoms with E-state index in [1.807, 2.05) is 44.2 Å². The molecule has 0 saturated carbocycles. The third-order valence-corrected chi connectivity index (χ3v) is 4.26. The Balaban J connectivity index is 2.15. The van der Waals surface area contributed by atoms with Crippen LogP contribution >= 0.6 is 0 Å². The smallest absolute Gasteiger partial charge is 0.227 e. The quantitative estimate of drug-likeness (QED) is 0.779. The number of carbonyl (C=O) groups excluding carboxylic acids is 1. The van der Waals surface area contributed by atoms with Crippen LogP contribution in [0, 0.1) is 5.41 Å². The van der Waals surface area contributed by atoms with Crippen LogP contribution in [0.4, 0.5) is 0 Å². The lowest BCUT2D eigenvalue weighted by Crippen LogP contribution is -2.55. The first-order valence-electron chi connectivity index (χ1n) is 7.20. The molecule has 1 aromatic carbocycles. The van der Waals surface area contributed by atoms with Gasteiger partial charge in [0.25, 0.3) is 0 Å². The number of aliphatic hydroxyl groups excluding tert-OH is 1. The minimum atomic E-state index is -0.737. The third kappa shape index (κ3) is 3.02. The molecule has 0 bridgehead atoms. The van der Waals surface area contributed by atoms with Gasteiger partial charge in [-0.05, 0) is 38.8 Å². The first-order valence-corrected chi connectivity index (χ1v) is 7.20. The van der Waals surface area contributed by atoms with E-state index in [0.29, 0.717) is 6.54 Å². The van der Waals surface area contributed by atoms with E-state index in [2.05, 4.69) is 10.6 Å². The lowest BCUT2D eigenvalue weighted by molar-refractivity contribution is -0.133. The molecule has 0 radical (unpaired) electrons. The standard InChI is InChI=1S/C16H24N2O2/c1-15(9-6-10-17-11-15)14(20)18-16(2,12-19)13-7-4-3-5-8-13/h3-5,7-8,17,19H,6,9-12H2,1-2H3,(H,18,20). The Kier molecular flexibility index (Phi) is 4.45. The number of carbonyl (C=O) groups is 1. The summed E-state index contributed by atoms with van der Waals surface area (Å²) in [5.41, 5.74) is -0.217. The van der Waals surface area contributed by atoms with Crippen molar-refractivity contribution in [3.05, 3.63) is 35.9 Å². The van der Waals surface area contributed by atoms with E-state index in [4.69, 9.17) is 0 Å². The summed E-state index contributed by atoms with van der Waals surface area (Å²) < 4.78 is 0. The normalized spacial score (nSPS) is 25.8. The molecule has 1 fully saturated rings. The minimum Gasteiger partial charge on any atom is -0.394 e. The number of hydrogen-bond donors (Lipinski definition) is 3. The zero-order valence-electron chi connectivity index (χ0n) is 12.3. The highest BCUT2D eigenvalue weighted by atomic mass is 16.3. The largest absolute Gasteiger partial charge is 0.394 e. The van der Waals surface area contributed by atoms with Crippen LogP contribution < -0.4 is 10.6 Å². The average molecular weight is 276 g/mol. The zero-order chi connectivity index (χ0) is 14.6. The number of piperidine rings is 1. The highest BCUT2D eigenvalue weighted by Gasteiger charge is 2.38. The molecular formula is C16H24N2O2. The molecule has 3 N–H and O–H groups in total. The fraction of sp³-hybridized carbons (Fsp3) is 0.562. The van der Waals surface area contributed by atoms with Gasteiger partial charge in [0.05, 0.1) is 17.6 Å². The van der Waals surface area contributed by atoms with Gasteiger partial charge in [-0.2, -0.15) is 0 Å². The molecule has 1 amide bonds. The second-order valence-electron chi connectivity index (χ2n) is 6.15. The summed E-state index contributed by atoms with van der Waals surface area (Å²) in [5, 5.41) is 16.1. The third-order valence-electron chi connectivity index (χ3n) is 4.26. The second-order valence-corrected chi connectivity index (χ2v) is 6.15. The van der Waals surface area contributed by atoms with Crippen LogP contribution in [-0.2, 0) is 10.3 Å². The van der Waals surface area contributed by atoms with Crippen LogP contribution in [0.2, 0.25) is 0 Å². The molecule has 110 valence electrons. The van der Waals surface area contributed by atoms with Gasteiger partial charge >= 0.3 is 0 Å². The molecule has 4 heteroatoms. The fourth-order valence-electron chi connectivity index (χ4n) is 2.66. The van der Waals surface area contributed by atoms with Crippen LogP contribution in [-0.4, -0.2) is 30.7 Å². The molecule has 1 aliphatic rings. The highest BCUT2D eigenvalue weighted by Crippen LogP contribution is 2.28. The molecular weight excluding hydrogens is 252 g/mol. The van der Waals surface area contributed by atoms with Crippen molar-refractivity contribution in [2.75, 3.05) is 19.7 Å². The van der Waals surface area contributed by atoms with E-state index in [9.17, 15) is 9.90 Å². The van der Waals surface area contributed by atoms with Gasteiger partial charge in [0, 0.05) is 6.54 Å². The van der Waals surface area contributed by atoms with Crippen LogP contribution in [0.15, 0.2) is 30.3 Å². The Morgan fingerprint density at radius 2 is 2.15 bits per heavy atom. The van der Waals surface area contributed by atoms with Crippen molar-refractivity contribution in [1.29, 1.82) is 0 Å². The molecule has 2 rings (SSSR count). The number of nitrogens with one attached hydrogen (secondary N) is 2. The summed E-state index contributed by atoms with van der Waals surface area (Å²) in [6.45, 7) is 5.39. The first kappa shape index (κ1) is 15.0. The van der Waals surface area contributed by atoms with Crippen molar-refractivity contribution in [3.8, 4) is 0 Å². The molecule has 0 aliphatic carbocycles. The number of benzene rings is 1. The van der Waals surface area contributed by atoms with E-state index in [0.717, 1.165) is 24.9 Å². The Morgan fingerprint density at radius 1 is 1.45 bits per heavy atom. The van der Waals surface area contributed by atoms with Crippen LogP contribution in [0.1, 0.15) is 32.3 Å². The van der Waals surface area contributed by atoms with Crippen molar-refractivity contribution in [2.45, 2.75) is 32.2 Å². The molecule has 0 aromatic heterocycles. The molecule has 1 aliphatic heterocycles. The Morgan fingerprint density at radius 3 is 2.70 bits per heavy atom. The molecule has 1 aromatic rings. The predicted molar refractivity (Wildman–Crippen MR) is 79.2 cm³/mol. The first-order chi connectivity index (χ1) is 9.50. The SMILES string of the molecule is CC1(C(=O)NC(C)(CO)c2ccccc2)CCCNC1. The zero-order valence-corrected chi connectivity index (χ0v) is 12.3. The van der Waals surface area contributed by atoms with Gasteiger partial charge in [0.1, 0.15) is 0 Å². The summed E-state index contributed by atoms with van der Waals surface area (Å²) in [6.07, 6.45) is 1.88. The maximum atomic E-state index is 12.6. The predicted octanol–water partition coefficient (Wildman–Crippen LogP) is 1.40. The number of amides is 1. The number of rotatable bonds is 4. The Hall–Kier alpha value is -1.39. The second kappa shape index (κ2) is 5.94. The van der Waals surface area contributed by atoms with Gasteiger partial charge in [0.2, 0.25) is 5.91 Å². The minimum absolute atomic E-state index is 0.00473. The van der Waals surface area contributed by atoms with Crippen LogP contribution in [0.3, 0.4) is 0 Å². The van der Waals surface area contributed by atoms with Crippen LogP contribution in [0.5, 0.6) is 0 Å². The maximum absolute atomic E-state index is 12.6. The summed E-state index contributed by atoms with van der Waals surface area (Å²) in [6, 6.07) is 9.62. The maximum Gasteiger partial charge on any atom is 0.227 e. The van der Waals surface area contributed by atoms with E-state index in [-0.39, 0.29) is 12.5 Å². The topological polar surface area (TPSA) is 61.4 Å². The van der Waals surface area contributed by atoms with Gasteiger partial charge in [-0.25, -0.2) is 0 Å². The summed E-state index contributed by atoms with van der Waals surface area (Å²) in [5.74, 6) is 0.00473. The van der Waals surface area contributed by atoms with Gasteiger partial charge in [0.15, 0.2) is 0 Å². The lowest BCUT2D eigenvalue weighted by Gasteiger charge is -2.37. The van der Waals surface area contributed by atoms with E-state index in [1.165, 1.54) is 0 Å². The Labute approximate surface area is 120 Å². The van der Waals surface area contributed by atoms with Crippen molar-refractivity contribution >= 4 is 5.91 Å². The summed E-state index contributed by atoms with van der Waals surface area (Å²) in [7, 11) is 0. The number of aliphatic hydroxyl groups is 1. The van der Waals surface area contributed by atoms with Gasteiger partial charge in [-0.1, -0.05) is 30.3 Å². The van der Waals surface area contributed by atoms with Crippen molar-refractivity contribution < 1.29 is 9.90 Å². The van der Waals surface area contributed by atoms with Gasteiger partial charge in [-0.15, -0.1) is 0 Å². The van der Waals surface area contributed by atoms with Crippen molar-refractivity contribution in [1.82, 2.24) is 10.6 Å². The van der Waals surface area contributed by atoms with Crippen molar-refractivity contribution in [3.63, 3.8) is 0 Å². The summed E-state index contributed by atoms with van der Waals surface area (Å²) >= 11 is 0. The number of hydrogen-bond acceptors (Lipinski definition) is 3. The molecule has 2 unspecified atom stereocenters. The Bertz CT molecular complexity index is 455.